The van der Waals surface area contributed by atoms with Crippen LogP contribution in [-0.4, -0.2) is 52.6 Å². The maximum absolute atomic E-state index is 5.77. The highest BCUT2D eigenvalue weighted by molar-refractivity contribution is 7.09. The molecule has 94 valence electrons. The fourth-order valence-corrected chi connectivity index (χ4v) is 2.79. The summed E-state index contributed by atoms with van der Waals surface area (Å²) < 4.78 is 9.92. The molecule has 3 rings (SSSR count). The van der Waals surface area contributed by atoms with Crippen LogP contribution in [0.15, 0.2) is 0 Å². The largest absolute Gasteiger partial charge is 0.374 e. The third-order valence-corrected chi connectivity index (χ3v) is 4.01. The summed E-state index contributed by atoms with van der Waals surface area (Å²) in [6, 6.07) is 0.838. The van der Waals surface area contributed by atoms with E-state index in [-0.39, 0.29) is 6.10 Å². The molecule has 1 aromatic heterocycles. The van der Waals surface area contributed by atoms with Crippen molar-refractivity contribution in [3.8, 4) is 0 Å². The van der Waals surface area contributed by atoms with E-state index in [0.29, 0.717) is 0 Å². The predicted molar refractivity (Wildman–Crippen MR) is 67.5 cm³/mol. The van der Waals surface area contributed by atoms with Gasteiger partial charge in [0.05, 0.1) is 12.7 Å². The smallest absolute Gasteiger partial charge is 0.202 e. The Kier molecular flexibility index (Phi) is 3.26. The first-order chi connectivity index (χ1) is 8.31. The number of aromatic nitrogens is 2. The van der Waals surface area contributed by atoms with Crippen LogP contribution in [0, 0.1) is 6.92 Å². The van der Waals surface area contributed by atoms with E-state index in [4.69, 9.17) is 4.74 Å². The van der Waals surface area contributed by atoms with Crippen LogP contribution in [0.2, 0.25) is 0 Å². The lowest BCUT2D eigenvalue weighted by Crippen LogP contribution is -2.46. The number of nitrogens with zero attached hydrogens (tertiary/aromatic N) is 3. The molecule has 2 heterocycles. The van der Waals surface area contributed by atoms with Gasteiger partial charge in [0.25, 0.3) is 0 Å². The second kappa shape index (κ2) is 4.88. The molecule has 1 aromatic rings. The van der Waals surface area contributed by atoms with E-state index >= 15 is 0 Å². The summed E-state index contributed by atoms with van der Waals surface area (Å²) in [6.45, 7) is 5.75. The van der Waals surface area contributed by atoms with Gasteiger partial charge in [0.1, 0.15) is 5.82 Å². The highest BCUT2D eigenvalue weighted by atomic mass is 32.1. The first-order valence-electron chi connectivity index (χ1n) is 6.21. The van der Waals surface area contributed by atoms with Gasteiger partial charge in [-0.15, -0.1) is 0 Å². The lowest BCUT2D eigenvalue weighted by atomic mass is 10.2. The second-order valence-electron chi connectivity index (χ2n) is 4.75. The molecular formula is C11H18N4OS. The van der Waals surface area contributed by atoms with Gasteiger partial charge >= 0.3 is 0 Å². The van der Waals surface area contributed by atoms with Crippen molar-refractivity contribution >= 4 is 16.7 Å². The maximum atomic E-state index is 5.77. The minimum atomic E-state index is 0.286. The zero-order valence-corrected chi connectivity index (χ0v) is 10.9. The van der Waals surface area contributed by atoms with Crippen LogP contribution in [0.4, 0.5) is 5.13 Å². The molecule has 2 fully saturated rings. The van der Waals surface area contributed by atoms with Crippen LogP contribution in [0.3, 0.4) is 0 Å². The quantitative estimate of drug-likeness (QED) is 0.872. The fourth-order valence-electron chi connectivity index (χ4n) is 2.21. The van der Waals surface area contributed by atoms with Crippen LogP contribution in [0.1, 0.15) is 18.7 Å². The van der Waals surface area contributed by atoms with Crippen molar-refractivity contribution in [2.75, 3.05) is 31.6 Å². The van der Waals surface area contributed by atoms with E-state index < -0.39 is 0 Å². The monoisotopic (exact) mass is 254 g/mol. The first kappa shape index (κ1) is 11.4. The Balaban J connectivity index is 1.47. The van der Waals surface area contributed by atoms with Gasteiger partial charge in [0, 0.05) is 37.2 Å². The van der Waals surface area contributed by atoms with E-state index in [0.717, 1.165) is 43.2 Å². The topological polar surface area (TPSA) is 50.3 Å². The highest BCUT2D eigenvalue weighted by Gasteiger charge is 2.32. The van der Waals surface area contributed by atoms with E-state index in [1.807, 2.05) is 6.92 Å². The van der Waals surface area contributed by atoms with Gasteiger partial charge in [0.15, 0.2) is 0 Å². The van der Waals surface area contributed by atoms with Gasteiger partial charge < -0.3 is 10.1 Å². The Morgan fingerprint density at radius 3 is 3.12 bits per heavy atom. The lowest BCUT2D eigenvalue weighted by Gasteiger charge is -2.32. The Bertz CT molecular complexity index is 379. The summed E-state index contributed by atoms with van der Waals surface area (Å²) in [5.74, 6) is 0.835. The number of hydrogen-bond donors (Lipinski definition) is 1. The zero-order chi connectivity index (χ0) is 11.7. The first-order valence-corrected chi connectivity index (χ1v) is 6.98. The maximum Gasteiger partial charge on any atom is 0.202 e. The molecule has 0 aromatic carbocycles. The molecule has 5 nitrogen and oxygen atoms in total. The normalized spacial score (nSPS) is 26.1. The molecule has 6 heteroatoms. The molecule has 1 unspecified atom stereocenters. The molecular weight excluding hydrogens is 236 g/mol. The fraction of sp³-hybridized carbons (Fsp3) is 0.818. The molecule has 1 saturated carbocycles. The van der Waals surface area contributed by atoms with Crippen LogP contribution < -0.4 is 5.32 Å². The minimum Gasteiger partial charge on any atom is -0.374 e. The molecule has 1 aliphatic heterocycles. The summed E-state index contributed by atoms with van der Waals surface area (Å²) in [4.78, 5) is 6.85. The van der Waals surface area contributed by atoms with Crippen molar-refractivity contribution in [2.45, 2.75) is 31.9 Å². The summed E-state index contributed by atoms with van der Waals surface area (Å²) in [6.07, 6.45) is 3.03. The zero-order valence-electron chi connectivity index (χ0n) is 10.1. The number of nitrogens with one attached hydrogen (secondary N) is 1. The number of anilines is 1. The van der Waals surface area contributed by atoms with Crippen molar-refractivity contribution in [2.24, 2.45) is 0 Å². The summed E-state index contributed by atoms with van der Waals surface area (Å²) in [7, 11) is 0. The SMILES string of the molecule is Cc1nsc(NCC2CN(C3CC3)CCO2)n1. The third kappa shape index (κ3) is 2.94. The summed E-state index contributed by atoms with van der Waals surface area (Å²) in [5.41, 5.74) is 0. The molecule has 1 atom stereocenters. The third-order valence-electron chi connectivity index (χ3n) is 3.24. The summed E-state index contributed by atoms with van der Waals surface area (Å²) in [5, 5.41) is 4.21. The molecule has 0 spiro atoms. The van der Waals surface area contributed by atoms with Crippen molar-refractivity contribution in [3.05, 3.63) is 5.82 Å². The van der Waals surface area contributed by atoms with Crippen LogP contribution in [0.5, 0.6) is 0 Å². The number of ether oxygens (including phenoxy) is 1. The van der Waals surface area contributed by atoms with Gasteiger partial charge in [-0.2, -0.15) is 4.37 Å². The minimum absolute atomic E-state index is 0.286. The van der Waals surface area contributed by atoms with Crippen molar-refractivity contribution in [3.63, 3.8) is 0 Å². The van der Waals surface area contributed by atoms with E-state index in [1.54, 1.807) is 0 Å². The van der Waals surface area contributed by atoms with Gasteiger partial charge in [-0.25, -0.2) is 4.98 Å². The number of hydrogen-bond acceptors (Lipinski definition) is 6. The average molecular weight is 254 g/mol. The molecule has 1 aliphatic carbocycles. The van der Waals surface area contributed by atoms with E-state index in [2.05, 4.69) is 19.6 Å². The Morgan fingerprint density at radius 1 is 1.53 bits per heavy atom. The number of rotatable bonds is 4. The summed E-state index contributed by atoms with van der Waals surface area (Å²) >= 11 is 1.42. The highest BCUT2D eigenvalue weighted by Crippen LogP contribution is 2.28. The van der Waals surface area contributed by atoms with Crippen molar-refractivity contribution in [1.29, 1.82) is 0 Å². The van der Waals surface area contributed by atoms with Crippen LogP contribution >= 0.6 is 11.5 Å². The van der Waals surface area contributed by atoms with Gasteiger partial charge in [0.2, 0.25) is 5.13 Å². The van der Waals surface area contributed by atoms with Crippen LogP contribution in [-0.2, 0) is 4.74 Å². The van der Waals surface area contributed by atoms with E-state index in [9.17, 15) is 0 Å². The molecule has 17 heavy (non-hydrogen) atoms. The van der Waals surface area contributed by atoms with Crippen LogP contribution in [0.25, 0.3) is 0 Å². The average Bonchev–Trinajstić information content (AvgIpc) is 3.11. The molecule has 0 bridgehead atoms. The van der Waals surface area contributed by atoms with Crippen molar-refractivity contribution < 1.29 is 4.74 Å². The molecule has 1 N–H and O–H groups in total. The molecule has 1 saturated heterocycles. The van der Waals surface area contributed by atoms with E-state index in [1.165, 1.54) is 24.4 Å². The molecule has 2 aliphatic rings. The lowest BCUT2D eigenvalue weighted by molar-refractivity contribution is -0.0241. The van der Waals surface area contributed by atoms with Gasteiger partial charge in [-0.3, -0.25) is 4.90 Å². The van der Waals surface area contributed by atoms with Gasteiger partial charge in [-0.05, 0) is 19.8 Å². The second-order valence-corrected chi connectivity index (χ2v) is 5.50. The Hall–Kier alpha value is -0.720. The van der Waals surface area contributed by atoms with Gasteiger partial charge in [-0.1, -0.05) is 0 Å². The standard InChI is InChI=1S/C11H18N4OS/c1-8-13-11(17-14-8)12-6-10-7-15(4-5-16-10)9-2-3-9/h9-10H,2-7H2,1H3,(H,12,13,14). The predicted octanol–water partition coefficient (Wildman–Crippen LogP) is 1.12. The molecule has 0 amide bonds. The Labute approximate surface area is 105 Å². The Morgan fingerprint density at radius 2 is 2.41 bits per heavy atom. The number of morpholine rings is 1. The molecule has 0 radical (unpaired) electrons. The number of aryl methyl sites for hydroxylation is 1. The van der Waals surface area contributed by atoms with Crippen molar-refractivity contribution in [1.82, 2.24) is 14.3 Å².